The normalized spacial score (nSPS) is 10.3. The summed E-state index contributed by atoms with van der Waals surface area (Å²) in [4.78, 5) is 0. The summed E-state index contributed by atoms with van der Waals surface area (Å²) < 4.78 is 12.3. The predicted octanol–water partition coefficient (Wildman–Crippen LogP) is 4.10. The maximum Gasteiger partial charge on any atom is 0.133 e. The van der Waals surface area contributed by atoms with Crippen LogP contribution in [0.5, 0.6) is 17.2 Å². The van der Waals surface area contributed by atoms with Crippen molar-refractivity contribution in [2.75, 3.05) is 6.61 Å². The molecule has 2 aromatic carbocycles. The van der Waals surface area contributed by atoms with Crippen LogP contribution in [0.15, 0.2) is 46.9 Å². The van der Waals surface area contributed by atoms with Crippen molar-refractivity contribution < 1.29 is 9.47 Å². The molecule has 19 heavy (non-hydrogen) atoms. The molecule has 0 saturated heterocycles. The van der Waals surface area contributed by atoms with Crippen LogP contribution in [0, 0.1) is 0 Å². The van der Waals surface area contributed by atoms with Crippen LogP contribution < -0.4 is 15.2 Å². The van der Waals surface area contributed by atoms with Crippen LogP contribution in [0.3, 0.4) is 0 Å². The highest BCUT2D eigenvalue weighted by Gasteiger charge is 2.07. The fraction of sp³-hybridized carbons (Fsp3) is 0.200. The molecule has 0 aliphatic carbocycles. The molecule has 0 fully saturated rings. The number of benzene rings is 2. The molecule has 4 heteroatoms. The average Bonchev–Trinajstić information content (AvgIpc) is 2.40. The second-order valence-corrected chi connectivity index (χ2v) is 4.78. The van der Waals surface area contributed by atoms with Gasteiger partial charge in [-0.25, -0.2) is 0 Å². The largest absolute Gasteiger partial charge is 0.494 e. The smallest absolute Gasteiger partial charge is 0.133 e. The van der Waals surface area contributed by atoms with Gasteiger partial charge in [0.15, 0.2) is 0 Å². The van der Waals surface area contributed by atoms with Crippen LogP contribution in [0.25, 0.3) is 0 Å². The molecule has 0 atom stereocenters. The lowest BCUT2D eigenvalue weighted by Gasteiger charge is -2.12. The van der Waals surface area contributed by atoms with Gasteiger partial charge in [0.05, 0.1) is 6.61 Å². The molecule has 100 valence electrons. The first-order chi connectivity index (χ1) is 9.24. The third kappa shape index (κ3) is 3.49. The summed E-state index contributed by atoms with van der Waals surface area (Å²) in [5.74, 6) is 2.29. The quantitative estimate of drug-likeness (QED) is 0.901. The highest BCUT2D eigenvalue weighted by molar-refractivity contribution is 9.10. The Kier molecular flexibility index (Phi) is 4.82. The van der Waals surface area contributed by atoms with E-state index in [-0.39, 0.29) is 0 Å². The number of ether oxygens (including phenoxy) is 2. The Labute approximate surface area is 121 Å². The summed E-state index contributed by atoms with van der Waals surface area (Å²) in [6.45, 7) is 3.00. The summed E-state index contributed by atoms with van der Waals surface area (Å²) in [6.07, 6.45) is 0. The molecule has 0 aromatic heterocycles. The van der Waals surface area contributed by atoms with E-state index in [0.717, 1.165) is 27.3 Å². The van der Waals surface area contributed by atoms with E-state index in [2.05, 4.69) is 15.9 Å². The number of hydrogen-bond donors (Lipinski definition) is 1. The molecule has 0 aliphatic rings. The minimum Gasteiger partial charge on any atom is -0.494 e. The highest BCUT2D eigenvalue weighted by Crippen LogP contribution is 2.31. The van der Waals surface area contributed by atoms with Gasteiger partial charge in [-0.1, -0.05) is 28.1 Å². The molecular weight excluding hydrogens is 306 g/mol. The van der Waals surface area contributed by atoms with Crippen molar-refractivity contribution in [3.8, 4) is 17.2 Å². The molecule has 0 heterocycles. The number of rotatable bonds is 5. The number of nitrogens with two attached hydrogens (primary N) is 1. The van der Waals surface area contributed by atoms with Crippen LogP contribution in [0.2, 0.25) is 0 Å². The first kappa shape index (κ1) is 13.9. The van der Waals surface area contributed by atoms with Crippen molar-refractivity contribution in [2.45, 2.75) is 13.5 Å². The number of hydrogen-bond acceptors (Lipinski definition) is 3. The van der Waals surface area contributed by atoms with Crippen LogP contribution in [-0.4, -0.2) is 6.61 Å². The lowest BCUT2D eigenvalue weighted by Crippen LogP contribution is -2.00. The predicted molar refractivity (Wildman–Crippen MR) is 79.7 cm³/mol. The SMILES string of the molecule is CCOc1cccc(Oc2cccc(Br)c2CN)c1. The Bertz CT molecular complexity index is 558. The Hall–Kier alpha value is -1.52. The van der Waals surface area contributed by atoms with Crippen molar-refractivity contribution in [3.63, 3.8) is 0 Å². The Morgan fingerprint density at radius 2 is 1.84 bits per heavy atom. The van der Waals surface area contributed by atoms with Gasteiger partial charge in [-0.15, -0.1) is 0 Å². The zero-order valence-corrected chi connectivity index (χ0v) is 12.3. The van der Waals surface area contributed by atoms with Gasteiger partial charge in [0, 0.05) is 22.6 Å². The molecule has 0 aliphatic heterocycles. The van der Waals surface area contributed by atoms with Crippen molar-refractivity contribution >= 4 is 15.9 Å². The van der Waals surface area contributed by atoms with E-state index in [1.807, 2.05) is 49.4 Å². The second-order valence-electron chi connectivity index (χ2n) is 3.93. The Morgan fingerprint density at radius 3 is 2.58 bits per heavy atom. The van der Waals surface area contributed by atoms with Crippen molar-refractivity contribution in [1.82, 2.24) is 0 Å². The van der Waals surface area contributed by atoms with Gasteiger partial charge in [0.2, 0.25) is 0 Å². The topological polar surface area (TPSA) is 44.5 Å². The van der Waals surface area contributed by atoms with Gasteiger partial charge < -0.3 is 15.2 Å². The maximum absolute atomic E-state index is 5.88. The van der Waals surface area contributed by atoms with Gasteiger partial charge >= 0.3 is 0 Å². The van der Waals surface area contributed by atoms with Crippen molar-refractivity contribution in [1.29, 1.82) is 0 Å². The van der Waals surface area contributed by atoms with E-state index in [9.17, 15) is 0 Å². The van der Waals surface area contributed by atoms with Crippen molar-refractivity contribution in [2.24, 2.45) is 5.73 Å². The number of halogens is 1. The molecule has 0 spiro atoms. The summed E-state index contributed by atoms with van der Waals surface area (Å²) in [7, 11) is 0. The summed E-state index contributed by atoms with van der Waals surface area (Å²) in [5, 5.41) is 0. The van der Waals surface area contributed by atoms with E-state index >= 15 is 0 Å². The van der Waals surface area contributed by atoms with Gasteiger partial charge in [-0.05, 0) is 31.2 Å². The highest BCUT2D eigenvalue weighted by atomic mass is 79.9. The minimum atomic E-state index is 0.419. The van der Waals surface area contributed by atoms with Gasteiger partial charge in [-0.3, -0.25) is 0 Å². The molecule has 0 saturated carbocycles. The maximum atomic E-state index is 5.88. The zero-order chi connectivity index (χ0) is 13.7. The lowest BCUT2D eigenvalue weighted by atomic mass is 10.2. The zero-order valence-electron chi connectivity index (χ0n) is 10.7. The van der Waals surface area contributed by atoms with E-state index in [1.165, 1.54) is 0 Å². The van der Waals surface area contributed by atoms with Crippen LogP contribution in [0.1, 0.15) is 12.5 Å². The monoisotopic (exact) mass is 321 g/mol. The second kappa shape index (κ2) is 6.59. The summed E-state index contributed by atoms with van der Waals surface area (Å²) in [5.41, 5.74) is 6.70. The van der Waals surface area contributed by atoms with E-state index in [1.54, 1.807) is 0 Å². The molecule has 0 unspecified atom stereocenters. The average molecular weight is 322 g/mol. The fourth-order valence-corrected chi connectivity index (χ4v) is 2.26. The van der Waals surface area contributed by atoms with Gasteiger partial charge in [0.25, 0.3) is 0 Å². The summed E-state index contributed by atoms with van der Waals surface area (Å²) >= 11 is 3.48. The first-order valence-corrected chi connectivity index (χ1v) is 6.92. The molecule has 0 amide bonds. The molecular formula is C15H16BrNO2. The third-order valence-electron chi connectivity index (χ3n) is 2.62. The molecule has 0 radical (unpaired) electrons. The fourth-order valence-electron chi connectivity index (χ4n) is 1.75. The minimum absolute atomic E-state index is 0.419. The van der Waals surface area contributed by atoms with Crippen LogP contribution in [-0.2, 0) is 6.54 Å². The lowest BCUT2D eigenvalue weighted by molar-refractivity contribution is 0.338. The molecule has 3 nitrogen and oxygen atoms in total. The molecule has 2 rings (SSSR count). The Balaban J connectivity index is 2.26. The molecule has 2 aromatic rings. The van der Waals surface area contributed by atoms with Gasteiger partial charge in [-0.2, -0.15) is 0 Å². The van der Waals surface area contributed by atoms with Crippen LogP contribution >= 0.6 is 15.9 Å². The van der Waals surface area contributed by atoms with E-state index in [0.29, 0.717) is 13.2 Å². The standard InChI is InChI=1S/C15H16BrNO2/c1-2-18-11-5-3-6-12(9-11)19-15-8-4-7-14(16)13(15)10-17/h3-9H,2,10,17H2,1H3. The van der Waals surface area contributed by atoms with Crippen molar-refractivity contribution in [3.05, 3.63) is 52.5 Å². The summed E-state index contributed by atoms with van der Waals surface area (Å²) in [6, 6.07) is 13.3. The van der Waals surface area contributed by atoms with E-state index in [4.69, 9.17) is 15.2 Å². The van der Waals surface area contributed by atoms with E-state index < -0.39 is 0 Å². The van der Waals surface area contributed by atoms with Gasteiger partial charge in [0.1, 0.15) is 17.2 Å². The third-order valence-corrected chi connectivity index (χ3v) is 3.37. The Morgan fingerprint density at radius 1 is 1.11 bits per heavy atom. The molecule has 2 N–H and O–H groups in total. The molecule has 0 bridgehead atoms. The first-order valence-electron chi connectivity index (χ1n) is 6.12. The van der Waals surface area contributed by atoms with Crippen LogP contribution in [0.4, 0.5) is 0 Å².